The maximum absolute atomic E-state index is 13.7. The molecule has 0 fully saturated rings. The molecular weight excluding hydrogens is 393 g/mol. The van der Waals surface area contributed by atoms with Crippen LogP contribution in [0.3, 0.4) is 0 Å². The lowest BCUT2D eigenvalue weighted by Gasteiger charge is -2.11. The highest BCUT2D eigenvalue weighted by Gasteiger charge is 2.20. The van der Waals surface area contributed by atoms with Crippen LogP contribution >= 0.6 is 11.8 Å². The van der Waals surface area contributed by atoms with Gasteiger partial charge in [0.15, 0.2) is 23.5 Å². The number of halogens is 1. The number of rotatable bonds is 9. The lowest BCUT2D eigenvalue weighted by molar-refractivity contribution is 0.102. The maximum atomic E-state index is 13.7. The highest BCUT2D eigenvalue weighted by Crippen LogP contribution is 2.26. The predicted molar refractivity (Wildman–Crippen MR) is 109 cm³/mol. The number of ether oxygens (including phenoxy) is 1. The van der Waals surface area contributed by atoms with E-state index in [1.807, 2.05) is 24.5 Å². The first-order valence-electron chi connectivity index (χ1n) is 9.09. The van der Waals surface area contributed by atoms with E-state index >= 15 is 0 Å². The molecule has 1 atom stereocenters. The molecule has 0 amide bonds. The van der Waals surface area contributed by atoms with Crippen LogP contribution in [0.4, 0.5) is 4.39 Å². The third kappa shape index (κ3) is 4.76. The minimum Gasteiger partial charge on any atom is -0.478 e. The van der Waals surface area contributed by atoms with E-state index in [-0.39, 0.29) is 28.4 Å². The number of carbonyl (C=O) groups excluding carboxylic acids is 1. The summed E-state index contributed by atoms with van der Waals surface area (Å²) in [5, 5.41) is 8.15. The van der Waals surface area contributed by atoms with Crippen molar-refractivity contribution in [1.82, 2.24) is 14.8 Å². The fraction of sp³-hybridized carbons (Fsp3) is 0.286. The van der Waals surface area contributed by atoms with Crippen LogP contribution in [0.2, 0.25) is 0 Å². The average Bonchev–Trinajstić information content (AvgIpc) is 3.28. The van der Waals surface area contributed by atoms with E-state index in [2.05, 4.69) is 16.8 Å². The van der Waals surface area contributed by atoms with Gasteiger partial charge in [0.05, 0.1) is 5.75 Å². The lowest BCUT2D eigenvalue weighted by atomic mass is 10.2. The SMILES string of the molecule is C=CCn1c(C)cc(C(=O)CSc2nnc([C@H](C)Oc3ccccc3F)o2)c1C. The van der Waals surface area contributed by atoms with Crippen LogP contribution in [-0.4, -0.2) is 26.3 Å². The van der Waals surface area contributed by atoms with Crippen molar-refractivity contribution >= 4 is 17.5 Å². The van der Waals surface area contributed by atoms with Crippen LogP contribution in [0.15, 0.2) is 52.6 Å². The third-order valence-electron chi connectivity index (χ3n) is 4.42. The van der Waals surface area contributed by atoms with Crippen molar-refractivity contribution in [3.05, 3.63) is 71.6 Å². The molecule has 0 unspecified atom stereocenters. The summed E-state index contributed by atoms with van der Waals surface area (Å²) in [5.41, 5.74) is 2.59. The van der Waals surface area contributed by atoms with Crippen molar-refractivity contribution in [1.29, 1.82) is 0 Å². The van der Waals surface area contributed by atoms with Gasteiger partial charge in [-0.3, -0.25) is 4.79 Å². The van der Waals surface area contributed by atoms with Crippen LogP contribution in [0.25, 0.3) is 0 Å². The lowest BCUT2D eigenvalue weighted by Crippen LogP contribution is -2.06. The summed E-state index contributed by atoms with van der Waals surface area (Å²) in [5.74, 6) is 0.00880. The Hall–Kier alpha value is -2.87. The summed E-state index contributed by atoms with van der Waals surface area (Å²) in [4.78, 5) is 12.6. The molecule has 2 heterocycles. The molecule has 8 heteroatoms. The number of benzene rings is 1. The Morgan fingerprint density at radius 3 is 2.86 bits per heavy atom. The number of carbonyl (C=O) groups is 1. The zero-order valence-corrected chi connectivity index (χ0v) is 17.3. The van der Waals surface area contributed by atoms with Crippen molar-refractivity contribution < 1.29 is 18.3 Å². The van der Waals surface area contributed by atoms with Crippen LogP contribution in [0.5, 0.6) is 5.75 Å². The van der Waals surface area contributed by atoms with Gasteiger partial charge in [0.1, 0.15) is 0 Å². The molecule has 0 saturated carbocycles. The Morgan fingerprint density at radius 1 is 1.38 bits per heavy atom. The number of nitrogens with zero attached hydrogens (tertiary/aromatic N) is 3. The molecule has 29 heavy (non-hydrogen) atoms. The van der Waals surface area contributed by atoms with E-state index in [0.29, 0.717) is 12.1 Å². The minimum absolute atomic E-state index is 0.0196. The van der Waals surface area contributed by atoms with Gasteiger partial charge in [-0.2, -0.15) is 0 Å². The third-order valence-corrected chi connectivity index (χ3v) is 5.24. The largest absolute Gasteiger partial charge is 0.478 e. The molecule has 2 aromatic heterocycles. The van der Waals surface area contributed by atoms with Crippen molar-refractivity contribution in [2.45, 2.75) is 38.6 Å². The van der Waals surface area contributed by atoms with Crippen molar-refractivity contribution in [3.8, 4) is 5.75 Å². The Balaban J connectivity index is 1.62. The first kappa shape index (κ1) is 20.9. The summed E-state index contributed by atoms with van der Waals surface area (Å²) >= 11 is 1.16. The van der Waals surface area contributed by atoms with Crippen molar-refractivity contribution in [2.24, 2.45) is 0 Å². The van der Waals surface area contributed by atoms with Gasteiger partial charge >= 0.3 is 0 Å². The number of Topliss-reactive ketones (excluding diaryl/α,β-unsaturated/α-hetero) is 1. The number of hydrogen-bond acceptors (Lipinski definition) is 6. The van der Waals surface area contributed by atoms with Gasteiger partial charge in [0.25, 0.3) is 11.1 Å². The topological polar surface area (TPSA) is 70.2 Å². The summed E-state index contributed by atoms with van der Waals surface area (Å²) in [6.45, 7) is 9.97. The van der Waals surface area contributed by atoms with Gasteiger partial charge < -0.3 is 13.7 Å². The number of thioether (sulfide) groups is 1. The zero-order valence-electron chi connectivity index (χ0n) is 16.5. The fourth-order valence-electron chi connectivity index (χ4n) is 2.92. The summed E-state index contributed by atoms with van der Waals surface area (Å²) in [6, 6.07) is 7.98. The average molecular weight is 415 g/mol. The standard InChI is InChI=1S/C21H22FN3O3S/c1-5-10-25-13(2)11-16(14(25)3)18(26)12-29-21-24-23-20(28-21)15(4)27-19-9-7-6-8-17(19)22/h5-9,11,15H,1,10,12H2,2-4H3/t15-/m0/s1. The fourth-order valence-corrected chi connectivity index (χ4v) is 3.58. The Labute approximate surface area is 172 Å². The van der Waals surface area contributed by atoms with E-state index in [1.165, 1.54) is 12.1 Å². The Bertz CT molecular complexity index is 1030. The molecule has 0 bridgehead atoms. The van der Waals surface area contributed by atoms with Crippen LogP contribution in [-0.2, 0) is 6.54 Å². The summed E-state index contributed by atoms with van der Waals surface area (Å²) < 4.78 is 26.9. The molecule has 0 spiro atoms. The smallest absolute Gasteiger partial charge is 0.277 e. The first-order valence-corrected chi connectivity index (χ1v) is 10.1. The monoisotopic (exact) mass is 415 g/mol. The molecule has 6 nitrogen and oxygen atoms in total. The zero-order chi connectivity index (χ0) is 21.0. The number of aromatic nitrogens is 3. The summed E-state index contributed by atoms with van der Waals surface area (Å²) in [7, 11) is 0. The molecular formula is C21H22FN3O3S. The Morgan fingerprint density at radius 2 is 2.14 bits per heavy atom. The van der Waals surface area contributed by atoms with E-state index in [9.17, 15) is 9.18 Å². The van der Waals surface area contributed by atoms with Crippen molar-refractivity contribution in [3.63, 3.8) is 0 Å². The number of hydrogen-bond donors (Lipinski definition) is 0. The second kappa shape index (κ2) is 9.09. The van der Waals surface area contributed by atoms with Crippen LogP contribution < -0.4 is 4.74 Å². The van der Waals surface area contributed by atoms with Gasteiger partial charge in [-0.15, -0.1) is 16.8 Å². The van der Waals surface area contributed by atoms with E-state index in [1.54, 1.807) is 25.1 Å². The van der Waals surface area contributed by atoms with Gasteiger partial charge in [0.2, 0.25) is 0 Å². The quantitative estimate of drug-likeness (QED) is 0.280. The highest BCUT2D eigenvalue weighted by molar-refractivity contribution is 7.99. The van der Waals surface area contributed by atoms with E-state index in [4.69, 9.17) is 9.15 Å². The molecule has 0 N–H and O–H groups in total. The molecule has 0 aliphatic heterocycles. The molecule has 0 aliphatic carbocycles. The summed E-state index contributed by atoms with van der Waals surface area (Å²) in [6.07, 6.45) is 1.18. The highest BCUT2D eigenvalue weighted by atomic mass is 32.2. The van der Waals surface area contributed by atoms with E-state index in [0.717, 1.165) is 23.1 Å². The molecule has 3 aromatic rings. The van der Waals surface area contributed by atoms with Gasteiger partial charge in [-0.1, -0.05) is 30.0 Å². The van der Waals surface area contributed by atoms with Crippen LogP contribution in [0, 0.1) is 19.7 Å². The Kier molecular flexibility index (Phi) is 6.53. The second-order valence-electron chi connectivity index (χ2n) is 6.49. The molecule has 0 saturated heterocycles. The molecule has 0 radical (unpaired) electrons. The minimum atomic E-state index is -0.623. The van der Waals surface area contributed by atoms with Gasteiger partial charge in [-0.25, -0.2) is 4.39 Å². The number of allylic oxidation sites excluding steroid dienone is 1. The van der Waals surface area contributed by atoms with Crippen molar-refractivity contribution in [2.75, 3.05) is 5.75 Å². The van der Waals surface area contributed by atoms with Gasteiger partial charge in [0, 0.05) is 23.5 Å². The molecule has 0 aliphatic rings. The molecule has 152 valence electrons. The second-order valence-corrected chi connectivity index (χ2v) is 7.42. The molecule has 3 rings (SSSR count). The number of ketones is 1. The number of para-hydroxylation sites is 1. The van der Waals surface area contributed by atoms with Gasteiger partial charge in [-0.05, 0) is 39.0 Å². The normalized spacial score (nSPS) is 12.0. The first-order chi connectivity index (χ1) is 13.9. The maximum Gasteiger partial charge on any atom is 0.277 e. The number of aryl methyl sites for hydroxylation is 1. The molecule has 1 aromatic carbocycles. The van der Waals surface area contributed by atoms with E-state index < -0.39 is 11.9 Å². The van der Waals surface area contributed by atoms with Crippen LogP contribution in [0.1, 0.15) is 40.7 Å². The predicted octanol–water partition coefficient (Wildman–Crippen LogP) is 4.93.